The van der Waals surface area contributed by atoms with Crippen LogP contribution in [0.15, 0.2) is 48.5 Å². The summed E-state index contributed by atoms with van der Waals surface area (Å²) in [6.07, 6.45) is 0. The monoisotopic (exact) mass is 255 g/mol. The van der Waals surface area contributed by atoms with E-state index in [1.807, 2.05) is 38.1 Å². The summed E-state index contributed by atoms with van der Waals surface area (Å²) < 4.78 is 0. The van der Waals surface area contributed by atoms with Crippen molar-refractivity contribution in [1.82, 2.24) is 0 Å². The van der Waals surface area contributed by atoms with Gasteiger partial charge in [-0.05, 0) is 30.2 Å². The Morgan fingerprint density at radius 3 is 1.68 bits per heavy atom. The van der Waals surface area contributed by atoms with Crippen LogP contribution >= 0.6 is 0 Å². The first-order valence-corrected chi connectivity index (χ1v) is 6.60. The van der Waals surface area contributed by atoms with Gasteiger partial charge in [0, 0.05) is 12.6 Å². The number of carbonyl (C=O) groups is 1. The number of rotatable bonds is 2. The van der Waals surface area contributed by atoms with Gasteiger partial charge < -0.3 is 5.32 Å². The van der Waals surface area contributed by atoms with Crippen LogP contribution in [0.2, 0.25) is 0 Å². The van der Waals surface area contributed by atoms with Crippen molar-refractivity contribution in [1.29, 1.82) is 0 Å². The first-order valence-electron chi connectivity index (χ1n) is 6.60. The molecule has 0 saturated carbocycles. The summed E-state index contributed by atoms with van der Waals surface area (Å²) in [5.41, 5.74) is 4.42. The van der Waals surface area contributed by atoms with Crippen LogP contribution in [0.4, 0.5) is 5.69 Å². The predicted molar refractivity (Wildman–Crippen MR) is 82.3 cm³/mol. The van der Waals surface area contributed by atoms with Crippen molar-refractivity contribution in [2.45, 2.75) is 27.7 Å². The van der Waals surface area contributed by atoms with Crippen LogP contribution in [0, 0.1) is 6.92 Å². The fourth-order valence-electron chi connectivity index (χ4n) is 1.70. The van der Waals surface area contributed by atoms with Gasteiger partial charge in [0.1, 0.15) is 0 Å². The van der Waals surface area contributed by atoms with E-state index in [0.717, 1.165) is 11.3 Å². The molecule has 0 aliphatic carbocycles. The maximum Gasteiger partial charge on any atom is 0.221 e. The van der Waals surface area contributed by atoms with Crippen LogP contribution in [0.5, 0.6) is 0 Å². The first-order chi connectivity index (χ1) is 9.15. The van der Waals surface area contributed by atoms with Crippen molar-refractivity contribution in [3.63, 3.8) is 0 Å². The van der Waals surface area contributed by atoms with Gasteiger partial charge in [-0.1, -0.05) is 55.8 Å². The smallest absolute Gasteiger partial charge is 0.221 e. The maximum absolute atomic E-state index is 10.9. The molecule has 0 radical (unpaired) electrons. The highest BCUT2D eigenvalue weighted by atomic mass is 16.1. The number of benzene rings is 2. The molecule has 0 bridgehead atoms. The molecule has 1 amide bonds. The minimum absolute atomic E-state index is 0.0481. The van der Waals surface area contributed by atoms with Crippen molar-refractivity contribution >= 4 is 11.6 Å². The Hall–Kier alpha value is -2.09. The Kier molecular flexibility index (Phi) is 5.80. The molecule has 0 aliphatic heterocycles. The largest absolute Gasteiger partial charge is 0.326 e. The van der Waals surface area contributed by atoms with Gasteiger partial charge in [-0.25, -0.2) is 0 Å². The number of anilines is 1. The zero-order valence-electron chi connectivity index (χ0n) is 12.0. The van der Waals surface area contributed by atoms with Gasteiger partial charge in [0.05, 0.1) is 0 Å². The third-order valence-corrected chi connectivity index (χ3v) is 2.59. The van der Waals surface area contributed by atoms with E-state index in [1.165, 1.54) is 18.1 Å². The summed E-state index contributed by atoms with van der Waals surface area (Å²) in [4.78, 5) is 10.9. The van der Waals surface area contributed by atoms with Gasteiger partial charge in [-0.15, -0.1) is 0 Å². The summed E-state index contributed by atoms with van der Waals surface area (Å²) in [5, 5.41) is 2.75. The summed E-state index contributed by atoms with van der Waals surface area (Å²) in [6.45, 7) is 7.58. The minimum Gasteiger partial charge on any atom is -0.326 e. The van der Waals surface area contributed by atoms with Gasteiger partial charge in [-0.2, -0.15) is 0 Å². The van der Waals surface area contributed by atoms with Gasteiger partial charge in [0.15, 0.2) is 0 Å². The molecule has 2 aromatic carbocycles. The van der Waals surface area contributed by atoms with Gasteiger partial charge in [0.2, 0.25) is 5.91 Å². The Bertz CT molecular complexity index is 512. The summed E-state index contributed by atoms with van der Waals surface area (Å²) in [5.74, 6) is -0.0481. The van der Waals surface area contributed by atoms with E-state index in [2.05, 4.69) is 36.5 Å². The van der Waals surface area contributed by atoms with E-state index < -0.39 is 0 Å². The zero-order valence-corrected chi connectivity index (χ0v) is 12.0. The molecule has 0 unspecified atom stereocenters. The van der Waals surface area contributed by atoms with E-state index in [-0.39, 0.29) is 5.91 Å². The van der Waals surface area contributed by atoms with E-state index >= 15 is 0 Å². The lowest BCUT2D eigenvalue weighted by molar-refractivity contribution is -0.114. The van der Waals surface area contributed by atoms with E-state index in [1.54, 1.807) is 0 Å². The number of amides is 1. The molecule has 19 heavy (non-hydrogen) atoms. The Labute approximate surface area is 115 Å². The van der Waals surface area contributed by atoms with Crippen molar-refractivity contribution in [3.05, 3.63) is 54.1 Å². The van der Waals surface area contributed by atoms with E-state index in [4.69, 9.17) is 0 Å². The molecule has 0 fully saturated rings. The molecule has 0 aromatic heterocycles. The zero-order chi connectivity index (χ0) is 14.3. The van der Waals surface area contributed by atoms with E-state index in [0.29, 0.717) is 0 Å². The normalized spacial score (nSPS) is 9.26. The van der Waals surface area contributed by atoms with Crippen molar-refractivity contribution in [2.75, 3.05) is 5.32 Å². The Morgan fingerprint density at radius 2 is 1.26 bits per heavy atom. The third-order valence-electron chi connectivity index (χ3n) is 2.59. The van der Waals surface area contributed by atoms with Gasteiger partial charge >= 0.3 is 0 Å². The number of hydrogen-bond acceptors (Lipinski definition) is 1. The molecule has 100 valence electrons. The molecule has 0 saturated heterocycles. The lowest BCUT2D eigenvalue weighted by Gasteiger charge is -2.05. The number of aryl methyl sites for hydroxylation is 1. The maximum atomic E-state index is 10.9. The average molecular weight is 255 g/mol. The molecule has 2 rings (SSSR count). The SMILES string of the molecule is CC.CC(=O)Nc1ccc(-c2ccc(C)cc2)cc1. The fourth-order valence-corrected chi connectivity index (χ4v) is 1.70. The molecule has 2 aromatic rings. The quantitative estimate of drug-likeness (QED) is 0.831. The molecule has 0 spiro atoms. The predicted octanol–water partition coefficient (Wildman–Crippen LogP) is 4.65. The lowest BCUT2D eigenvalue weighted by atomic mass is 10.0. The second-order valence-electron chi connectivity index (χ2n) is 4.12. The van der Waals surface area contributed by atoms with E-state index in [9.17, 15) is 4.79 Å². The van der Waals surface area contributed by atoms with Crippen LogP contribution in [-0.2, 0) is 4.79 Å². The van der Waals surface area contributed by atoms with Crippen LogP contribution in [0.3, 0.4) is 0 Å². The summed E-state index contributed by atoms with van der Waals surface area (Å²) >= 11 is 0. The second-order valence-corrected chi connectivity index (χ2v) is 4.12. The highest BCUT2D eigenvalue weighted by molar-refractivity contribution is 5.88. The molecule has 2 heteroatoms. The standard InChI is InChI=1S/C15H15NO.C2H6/c1-11-3-5-13(6-4-11)14-7-9-15(10-8-14)16-12(2)17;1-2/h3-10H,1-2H3,(H,16,17);1-2H3. The molecule has 0 heterocycles. The molecule has 1 N–H and O–H groups in total. The first kappa shape index (κ1) is 15.0. The van der Waals surface area contributed by atoms with Crippen LogP contribution in [0.25, 0.3) is 11.1 Å². The number of carbonyl (C=O) groups excluding carboxylic acids is 1. The summed E-state index contributed by atoms with van der Waals surface area (Å²) in [6, 6.07) is 16.2. The van der Waals surface area contributed by atoms with Crippen LogP contribution in [-0.4, -0.2) is 5.91 Å². The molecule has 2 nitrogen and oxygen atoms in total. The van der Waals surface area contributed by atoms with Gasteiger partial charge in [0.25, 0.3) is 0 Å². The van der Waals surface area contributed by atoms with Gasteiger partial charge in [-0.3, -0.25) is 4.79 Å². The van der Waals surface area contributed by atoms with Crippen molar-refractivity contribution in [3.8, 4) is 11.1 Å². The topological polar surface area (TPSA) is 29.1 Å². The minimum atomic E-state index is -0.0481. The second kappa shape index (κ2) is 7.37. The molecule has 0 atom stereocenters. The molecular formula is C17H21NO. The number of hydrogen-bond donors (Lipinski definition) is 1. The van der Waals surface area contributed by atoms with Crippen molar-refractivity contribution < 1.29 is 4.79 Å². The van der Waals surface area contributed by atoms with Crippen LogP contribution in [0.1, 0.15) is 26.3 Å². The Morgan fingerprint density at radius 1 is 0.842 bits per heavy atom. The summed E-state index contributed by atoms with van der Waals surface area (Å²) in [7, 11) is 0. The average Bonchev–Trinajstić information content (AvgIpc) is 2.42. The molecular weight excluding hydrogens is 234 g/mol. The number of nitrogens with one attached hydrogen (secondary N) is 1. The third kappa shape index (κ3) is 4.59. The van der Waals surface area contributed by atoms with Crippen molar-refractivity contribution in [2.24, 2.45) is 0 Å². The fraction of sp³-hybridized carbons (Fsp3) is 0.235. The van der Waals surface area contributed by atoms with Crippen LogP contribution < -0.4 is 5.32 Å². The lowest BCUT2D eigenvalue weighted by Crippen LogP contribution is -2.05. The Balaban J connectivity index is 0.000000861. The highest BCUT2D eigenvalue weighted by Gasteiger charge is 1.98. The molecule has 0 aliphatic rings. The highest BCUT2D eigenvalue weighted by Crippen LogP contribution is 2.21.